The van der Waals surface area contributed by atoms with E-state index in [1.54, 1.807) is 18.5 Å². The van der Waals surface area contributed by atoms with Crippen molar-refractivity contribution >= 4 is 58.2 Å². The number of amides is 2. The average Bonchev–Trinajstić information content (AvgIpc) is 3.89. The van der Waals surface area contributed by atoms with Crippen LogP contribution in [0.5, 0.6) is 5.75 Å². The zero-order chi connectivity index (χ0) is 47.6. The van der Waals surface area contributed by atoms with Crippen LogP contribution in [0.1, 0.15) is 84.4 Å². The van der Waals surface area contributed by atoms with Crippen molar-refractivity contribution in [1.29, 1.82) is 0 Å². The molecule has 0 aliphatic carbocycles. The summed E-state index contributed by atoms with van der Waals surface area (Å²) in [6, 6.07) is 45.8. The van der Waals surface area contributed by atoms with Gasteiger partial charge in [0, 0.05) is 70.3 Å². The van der Waals surface area contributed by atoms with Crippen molar-refractivity contribution in [1.82, 2.24) is 9.47 Å². The molecular weight excluding hydrogens is 853 g/mol. The van der Waals surface area contributed by atoms with Crippen LogP contribution in [0.4, 0.5) is 0 Å². The van der Waals surface area contributed by atoms with E-state index in [4.69, 9.17) is 9.47 Å². The van der Waals surface area contributed by atoms with Gasteiger partial charge < -0.3 is 14.0 Å². The maximum Gasteiger partial charge on any atom is 0.253 e. The molecule has 0 unspecified atom stereocenters. The van der Waals surface area contributed by atoms with Crippen molar-refractivity contribution in [3.8, 4) is 28.7 Å². The number of fused-ring (bicyclic) bond motifs is 3. The molecule has 0 fully saturated rings. The third kappa shape index (κ3) is 13.0. The van der Waals surface area contributed by atoms with Crippen LogP contribution >= 0.6 is 0 Å². The topological polar surface area (TPSA) is 85.5 Å². The molecular formula is C61H58N4O4. The van der Waals surface area contributed by atoms with Gasteiger partial charge in [-0.1, -0.05) is 135 Å². The van der Waals surface area contributed by atoms with Crippen molar-refractivity contribution in [3.05, 3.63) is 197 Å². The first-order valence-corrected chi connectivity index (χ1v) is 24.0. The molecule has 0 spiro atoms. The number of carbonyl (C=O) groups is 2. The second kappa shape index (κ2) is 24.2. The maximum absolute atomic E-state index is 11.9. The molecule has 69 heavy (non-hydrogen) atoms. The summed E-state index contributed by atoms with van der Waals surface area (Å²) in [7, 11) is 0. The Labute approximate surface area is 406 Å². The Kier molecular flexibility index (Phi) is 16.7. The van der Waals surface area contributed by atoms with Crippen molar-refractivity contribution in [2.24, 2.45) is 10.2 Å². The molecule has 0 bridgehead atoms. The quantitative estimate of drug-likeness (QED) is 0.0129. The number of ether oxygens (including phenoxy) is 2. The molecule has 1 aromatic heterocycles. The SMILES string of the molecule is C=CCOCCCCCCCCOc1ccc(C#Cc2ccc(/C=C/c3ccc(-c4ccc(CCN5C(=O)C=CC5=O)cc4)cc3)cc2/C=N/N=C/c2ccc3c(c2)c2ccccc2n3CC)cc1. The lowest BCUT2D eigenvalue weighted by Crippen LogP contribution is -2.31. The number of imide groups is 1. The van der Waals surface area contributed by atoms with Crippen molar-refractivity contribution < 1.29 is 19.1 Å². The van der Waals surface area contributed by atoms with Gasteiger partial charge in [0.05, 0.1) is 25.6 Å². The van der Waals surface area contributed by atoms with Crippen LogP contribution in [0.25, 0.3) is 45.1 Å². The summed E-state index contributed by atoms with van der Waals surface area (Å²) in [5.41, 5.74) is 11.3. The molecule has 2 heterocycles. The Morgan fingerprint density at radius 3 is 2.03 bits per heavy atom. The molecule has 0 saturated heterocycles. The number of unbranched alkanes of at least 4 members (excludes halogenated alkanes) is 5. The van der Waals surface area contributed by atoms with E-state index < -0.39 is 0 Å². The highest BCUT2D eigenvalue weighted by Gasteiger charge is 2.22. The van der Waals surface area contributed by atoms with Crippen LogP contribution in [0.2, 0.25) is 0 Å². The number of hydrogen-bond donors (Lipinski definition) is 0. The fourth-order valence-electron chi connectivity index (χ4n) is 8.47. The first kappa shape index (κ1) is 47.6. The van der Waals surface area contributed by atoms with Gasteiger partial charge in [-0.15, -0.1) is 6.58 Å². The molecule has 0 radical (unpaired) electrons. The Morgan fingerprint density at radius 2 is 1.28 bits per heavy atom. The van der Waals surface area contributed by atoms with Gasteiger partial charge in [-0.05, 0) is 114 Å². The molecule has 8 nitrogen and oxygen atoms in total. The molecule has 2 amide bonds. The largest absolute Gasteiger partial charge is 0.494 e. The lowest BCUT2D eigenvalue weighted by molar-refractivity contribution is -0.136. The Hall–Kier alpha value is -7.86. The highest BCUT2D eigenvalue weighted by Crippen LogP contribution is 2.30. The molecule has 7 aromatic rings. The number of nitrogens with zero attached hydrogens (tertiary/aromatic N) is 4. The highest BCUT2D eigenvalue weighted by molar-refractivity contribution is 6.13. The zero-order valence-corrected chi connectivity index (χ0v) is 39.4. The van der Waals surface area contributed by atoms with Gasteiger partial charge in [0.2, 0.25) is 0 Å². The molecule has 346 valence electrons. The number of hydrogen-bond acceptors (Lipinski definition) is 6. The fraction of sp³-hybridized carbons (Fsp3) is 0.213. The maximum atomic E-state index is 11.9. The van der Waals surface area contributed by atoms with Gasteiger partial charge in [-0.3, -0.25) is 14.5 Å². The van der Waals surface area contributed by atoms with Gasteiger partial charge in [-0.2, -0.15) is 10.2 Å². The predicted molar refractivity (Wildman–Crippen MR) is 284 cm³/mol. The normalized spacial score (nSPS) is 12.6. The van der Waals surface area contributed by atoms with Gasteiger partial charge in [-0.25, -0.2) is 0 Å². The van der Waals surface area contributed by atoms with Crippen LogP contribution in [0, 0.1) is 11.8 Å². The molecule has 1 aliphatic heterocycles. The lowest BCUT2D eigenvalue weighted by atomic mass is 10.0. The van der Waals surface area contributed by atoms with Crippen LogP contribution in [-0.2, 0) is 27.3 Å². The first-order valence-electron chi connectivity index (χ1n) is 24.0. The van der Waals surface area contributed by atoms with E-state index in [1.165, 1.54) is 58.1 Å². The van der Waals surface area contributed by atoms with Crippen molar-refractivity contribution in [2.45, 2.75) is 58.4 Å². The Bertz CT molecular complexity index is 3050. The molecule has 0 N–H and O–H groups in total. The molecule has 8 rings (SSSR count). The van der Waals surface area contributed by atoms with Crippen LogP contribution < -0.4 is 4.74 Å². The fourth-order valence-corrected chi connectivity index (χ4v) is 8.47. The summed E-state index contributed by atoms with van der Waals surface area (Å²) in [5.74, 6) is 7.08. The lowest BCUT2D eigenvalue weighted by Gasteiger charge is -2.13. The van der Waals surface area contributed by atoms with Gasteiger partial charge in [0.15, 0.2) is 0 Å². The molecule has 6 aromatic carbocycles. The number of aromatic nitrogens is 1. The van der Waals surface area contributed by atoms with E-state index >= 15 is 0 Å². The summed E-state index contributed by atoms with van der Waals surface area (Å²) in [5, 5.41) is 11.5. The van der Waals surface area contributed by atoms with Gasteiger partial charge in [0.25, 0.3) is 11.8 Å². The minimum absolute atomic E-state index is 0.251. The van der Waals surface area contributed by atoms with E-state index in [-0.39, 0.29) is 11.8 Å². The van der Waals surface area contributed by atoms with Gasteiger partial charge >= 0.3 is 0 Å². The minimum Gasteiger partial charge on any atom is -0.494 e. The zero-order valence-electron chi connectivity index (χ0n) is 39.4. The molecule has 8 heteroatoms. The first-order chi connectivity index (χ1) is 33.9. The summed E-state index contributed by atoms with van der Waals surface area (Å²) in [4.78, 5) is 25.1. The second-order valence-corrected chi connectivity index (χ2v) is 17.0. The number of carbonyl (C=O) groups excluding carboxylic acids is 2. The number of rotatable bonds is 22. The molecule has 1 aliphatic rings. The monoisotopic (exact) mass is 910 g/mol. The highest BCUT2D eigenvalue weighted by atomic mass is 16.5. The van der Waals surface area contributed by atoms with E-state index in [0.29, 0.717) is 26.2 Å². The van der Waals surface area contributed by atoms with Crippen molar-refractivity contribution in [2.75, 3.05) is 26.4 Å². The Balaban J connectivity index is 0.926. The van der Waals surface area contributed by atoms with Crippen molar-refractivity contribution in [3.63, 3.8) is 0 Å². The smallest absolute Gasteiger partial charge is 0.253 e. The third-order valence-electron chi connectivity index (χ3n) is 12.2. The summed E-state index contributed by atoms with van der Waals surface area (Å²) in [6.45, 7) is 9.27. The summed E-state index contributed by atoms with van der Waals surface area (Å²) >= 11 is 0. The number of aryl methyl sites for hydroxylation is 1. The number of para-hydroxylation sites is 1. The number of benzene rings is 6. The van der Waals surface area contributed by atoms with Crippen LogP contribution in [0.3, 0.4) is 0 Å². The third-order valence-corrected chi connectivity index (χ3v) is 12.2. The predicted octanol–water partition coefficient (Wildman–Crippen LogP) is 12.9. The molecule has 0 saturated carbocycles. The second-order valence-electron chi connectivity index (χ2n) is 17.0. The van der Waals surface area contributed by atoms with E-state index in [9.17, 15) is 9.59 Å². The average molecular weight is 911 g/mol. The Morgan fingerprint density at radius 1 is 0.623 bits per heavy atom. The molecule has 0 atom stereocenters. The standard InChI is InChI=1S/C61H58N4O4/c1-3-39-68-40-11-7-5-6-8-12-41-69-55-32-23-47(24-33-55)19-30-53-31-22-49(42-54(53)45-63-62-44-50-25-34-59-57(43-50)56-13-9-10-14-58(56)64(59)4-2)16-15-46-17-26-51(27-18-46)52-28-20-48(21-29-52)37-38-65-60(66)35-36-61(65)67/h3,9-10,13-18,20-29,31-36,42-45H,1,4-8,11-12,37-41H2,2H3/b16-15+,62-44+,63-45+. The summed E-state index contributed by atoms with van der Waals surface area (Å²) in [6.07, 6.45) is 19.7. The van der Waals surface area contributed by atoms with Gasteiger partial charge in [0.1, 0.15) is 5.75 Å². The minimum atomic E-state index is -0.251. The van der Waals surface area contributed by atoms with E-state index in [0.717, 1.165) is 88.2 Å². The van der Waals surface area contributed by atoms with Crippen LogP contribution in [-0.4, -0.2) is 60.1 Å². The van der Waals surface area contributed by atoms with E-state index in [2.05, 4.69) is 155 Å². The summed E-state index contributed by atoms with van der Waals surface area (Å²) < 4.78 is 13.8. The van der Waals surface area contributed by atoms with Crippen LogP contribution in [0.15, 0.2) is 168 Å². The van der Waals surface area contributed by atoms with E-state index in [1.807, 2.05) is 30.3 Å².